The highest BCUT2D eigenvalue weighted by Gasteiger charge is 2.20. The van der Waals surface area contributed by atoms with Gasteiger partial charge in [-0.3, -0.25) is 4.79 Å². The van der Waals surface area contributed by atoms with Gasteiger partial charge in [-0.15, -0.1) is 11.8 Å². The maximum absolute atomic E-state index is 11.5. The lowest BCUT2D eigenvalue weighted by atomic mass is 10.1. The summed E-state index contributed by atoms with van der Waals surface area (Å²) >= 11 is 1.68. The Morgan fingerprint density at radius 2 is 2.15 bits per heavy atom. The van der Waals surface area contributed by atoms with Crippen molar-refractivity contribution in [2.45, 2.75) is 31.6 Å². The molecule has 1 saturated heterocycles. The van der Waals surface area contributed by atoms with Gasteiger partial charge in [-0.2, -0.15) is 0 Å². The van der Waals surface area contributed by atoms with Gasteiger partial charge in [-0.05, 0) is 43.9 Å². The highest BCUT2D eigenvalue weighted by atomic mass is 32.2. The monoisotopic (exact) mass is 293 g/mol. The fraction of sp³-hybridized carbons (Fsp3) is 0.467. The third-order valence-electron chi connectivity index (χ3n) is 3.13. The van der Waals surface area contributed by atoms with Crippen molar-refractivity contribution in [3.63, 3.8) is 0 Å². The molecule has 1 aliphatic rings. The van der Waals surface area contributed by atoms with E-state index in [0.29, 0.717) is 17.9 Å². The molecule has 1 heterocycles. The average Bonchev–Trinajstić information content (AvgIpc) is 2.85. The van der Waals surface area contributed by atoms with Crippen molar-refractivity contribution in [1.29, 1.82) is 0 Å². The number of rotatable bonds is 6. The molecule has 108 valence electrons. The summed E-state index contributed by atoms with van der Waals surface area (Å²) in [7, 11) is 0. The molecule has 0 bridgehead atoms. The molecule has 4 nitrogen and oxygen atoms in total. The van der Waals surface area contributed by atoms with Crippen molar-refractivity contribution in [3.8, 4) is 0 Å². The molecule has 0 radical (unpaired) electrons. The van der Waals surface area contributed by atoms with Crippen molar-refractivity contribution in [2.24, 2.45) is 0 Å². The predicted molar refractivity (Wildman–Crippen MR) is 79.7 cm³/mol. The molecular weight excluding hydrogens is 274 g/mol. The van der Waals surface area contributed by atoms with E-state index < -0.39 is 0 Å². The Balaban J connectivity index is 1.76. The van der Waals surface area contributed by atoms with Crippen LogP contribution in [0.4, 0.5) is 0 Å². The van der Waals surface area contributed by atoms with E-state index in [1.165, 1.54) is 5.56 Å². The normalized spacial score (nSPS) is 17.9. The first-order chi connectivity index (χ1) is 9.69. The minimum Gasteiger partial charge on any atom is -0.462 e. The summed E-state index contributed by atoms with van der Waals surface area (Å²) in [6.45, 7) is 2.19. The van der Waals surface area contributed by atoms with Gasteiger partial charge in [0.05, 0.1) is 23.3 Å². The number of aryl methyl sites for hydroxylation is 1. The molecule has 1 aromatic carbocycles. The number of amides is 1. The first kappa shape index (κ1) is 14.9. The van der Waals surface area contributed by atoms with Gasteiger partial charge in [0.15, 0.2) is 0 Å². The van der Waals surface area contributed by atoms with Gasteiger partial charge in [0, 0.05) is 0 Å². The molecule has 1 amide bonds. The standard InChI is InChI=1S/C15H19NO3S/c1-2-19-15(18)12-8-6-11(7-9-12)4-3-5-14-16-13(17)10-20-14/h6-9,14H,2-5,10H2,1H3,(H,16,17)/t14-/m0/s1. The zero-order valence-corrected chi connectivity index (χ0v) is 12.4. The van der Waals surface area contributed by atoms with Crippen LogP contribution in [0.2, 0.25) is 0 Å². The molecule has 0 aromatic heterocycles. The maximum Gasteiger partial charge on any atom is 0.338 e. The Morgan fingerprint density at radius 1 is 1.40 bits per heavy atom. The van der Waals surface area contributed by atoms with Gasteiger partial charge >= 0.3 is 5.97 Å². The largest absolute Gasteiger partial charge is 0.462 e. The zero-order valence-electron chi connectivity index (χ0n) is 11.6. The number of thioether (sulfide) groups is 1. The predicted octanol–water partition coefficient (Wildman–Crippen LogP) is 2.38. The van der Waals surface area contributed by atoms with Crippen molar-refractivity contribution in [1.82, 2.24) is 5.32 Å². The Labute approximate surface area is 123 Å². The molecule has 0 saturated carbocycles. The minimum atomic E-state index is -0.274. The lowest BCUT2D eigenvalue weighted by Gasteiger charge is -2.09. The van der Waals surface area contributed by atoms with Gasteiger partial charge in [-0.25, -0.2) is 4.79 Å². The van der Waals surface area contributed by atoms with Crippen LogP contribution >= 0.6 is 11.8 Å². The molecule has 1 atom stereocenters. The number of nitrogens with one attached hydrogen (secondary N) is 1. The second-order valence-electron chi connectivity index (χ2n) is 4.68. The van der Waals surface area contributed by atoms with Crippen LogP contribution in [-0.4, -0.2) is 29.6 Å². The minimum absolute atomic E-state index is 0.138. The van der Waals surface area contributed by atoms with Crippen molar-refractivity contribution in [2.75, 3.05) is 12.4 Å². The van der Waals surface area contributed by atoms with Crippen LogP contribution in [0.1, 0.15) is 35.7 Å². The van der Waals surface area contributed by atoms with Crippen LogP contribution in [0.25, 0.3) is 0 Å². The summed E-state index contributed by atoms with van der Waals surface area (Å²) in [5.41, 5.74) is 1.79. The zero-order chi connectivity index (χ0) is 14.4. The molecule has 0 unspecified atom stereocenters. The molecular formula is C15H19NO3S. The Hall–Kier alpha value is -1.49. The summed E-state index contributed by atoms with van der Waals surface area (Å²) in [5.74, 6) is 0.446. The Morgan fingerprint density at radius 3 is 2.75 bits per heavy atom. The molecule has 0 spiro atoms. The fourth-order valence-corrected chi connectivity index (χ4v) is 3.09. The van der Waals surface area contributed by atoms with Gasteiger partial charge in [0.1, 0.15) is 0 Å². The molecule has 1 N–H and O–H groups in total. The second kappa shape index (κ2) is 7.33. The molecule has 20 heavy (non-hydrogen) atoms. The van der Waals surface area contributed by atoms with Crippen molar-refractivity contribution < 1.29 is 14.3 Å². The van der Waals surface area contributed by atoms with Gasteiger partial charge in [-0.1, -0.05) is 12.1 Å². The van der Waals surface area contributed by atoms with Crippen LogP contribution in [0.15, 0.2) is 24.3 Å². The Bertz CT molecular complexity index is 473. The first-order valence-corrected chi connectivity index (χ1v) is 7.91. The van der Waals surface area contributed by atoms with E-state index in [1.807, 2.05) is 12.1 Å². The fourth-order valence-electron chi connectivity index (χ4n) is 2.11. The van der Waals surface area contributed by atoms with E-state index in [-0.39, 0.29) is 17.3 Å². The van der Waals surface area contributed by atoms with Gasteiger partial charge in [0.25, 0.3) is 0 Å². The number of hydrogen-bond donors (Lipinski definition) is 1. The van der Waals surface area contributed by atoms with Crippen LogP contribution < -0.4 is 5.32 Å². The van der Waals surface area contributed by atoms with Crippen molar-refractivity contribution >= 4 is 23.6 Å². The van der Waals surface area contributed by atoms with E-state index in [9.17, 15) is 9.59 Å². The summed E-state index contributed by atoms with van der Waals surface area (Å²) in [6.07, 6.45) is 2.96. The molecule has 1 fully saturated rings. The van der Waals surface area contributed by atoms with Gasteiger partial charge in [0.2, 0.25) is 5.91 Å². The van der Waals surface area contributed by atoms with E-state index in [2.05, 4.69) is 5.32 Å². The number of carbonyl (C=O) groups excluding carboxylic acids is 2. The van der Waals surface area contributed by atoms with Crippen LogP contribution in [0.3, 0.4) is 0 Å². The number of carbonyl (C=O) groups is 2. The van der Waals surface area contributed by atoms with E-state index in [1.54, 1.807) is 30.8 Å². The summed E-state index contributed by atoms with van der Waals surface area (Å²) in [5, 5.41) is 3.21. The van der Waals surface area contributed by atoms with Crippen molar-refractivity contribution in [3.05, 3.63) is 35.4 Å². The third-order valence-corrected chi connectivity index (χ3v) is 4.32. The molecule has 5 heteroatoms. The lowest BCUT2D eigenvalue weighted by Crippen LogP contribution is -2.24. The summed E-state index contributed by atoms with van der Waals surface area (Å²) in [4.78, 5) is 22.6. The smallest absolute Gasteiger partial charge is 0.338 e. The van der Waals surface area contributed by atoms with E-state index in [4.69, 9.17) is 4.74 Å². The Kier molecular flexibility index (Phi) is 5.47. The topological polar surface area (TPSA) is 55.4 Å². The average molecular weight is 293 g/mol. The molecule has 1 aliphatic heterocycles. The highest BCUT2D eigenvalue weighted by molar-refractivity contribution is 8.01. The number of esters is 1. The number of hydrogen-bond acceptors (Lipinski definition) is 4. The number of ether oxygens (including phenoxy) is 1. The van der Waals surface area contributed by atoms with Crippen LogP contribution in [0, 0.1) is 0 Å². The number of benzene rings is 1. The van der Waals surface area contributed by atoms with E-state index in [0.717, 1.165) is 19.3 Å². The first-order valence-electron chi connectivity index (χ1n) is 6.86. The SMILES string of the molecule is CCOC(=O)c1ccc(CCC[C@H]2NC(=O)CS2)cc1. The summed E-state index contributed by atoms with van der Waals surface area (Å²) < 4.78 is 4.94. The molecule has 1 aromatic rings. The van der Waals surface area contributed by atoms with Crippen LogP contribution in [-0.2, 0) is 16.0 Å². The molecule has 0 aliphatic carbocycles. The quantitative estimate of drug-likeness (QED) is 0.818. The molecule has 2 rings (SSSR count). The van der Waals surface area contributed by atoms with E-state index >= 15 is 0 Å². The van der Waals surface area contributed by atoms with Crippen LogP contribution in [0.5, 0.6) is 0 Å². The lowest BCUT2D eigenvalue weighted by molar-refractivity contribution is -0.118. The highest BCUT2D eigenvalue weighted by Crippen LogP contribution is 2.20. The maximum atomic E-state index is 11.5. The second-order valence-corrected chi connectivity index (χ2v) is 5.87. The summed E-state index contributed by atoms with van der Waals surface area (Å²) in [6, 6.07) is 7.54. The van der Waals surface area contributed by atoms with Gasteiger partial charge < -0.3 is 10.1 Å². The third kappa shape index (κ3) is 4.27.